The Balaban J connectivity index is 0.00000242. The van der Waals surface area contributed by atoms with Crippen molar-refractivity contribution in [3.63, 3.8) is 0 Å². The molecule has 132 valence electrons. The molecule has 0 atom stereocenters. The molecule has 2 N–H and O–H groups in total. The summed E-state index contributed by atoms with van der Waals surface area (Å²) < 4.78 is 0. The molecule has 2 aromatic heterocycles. The van der Waals surface area contributed by atoms with Gasteiger partial charge in [0.25, 0.3) is 0 Å². The van der Waals surface area contributed by atoms with Crippen LogP contribution in [0, 0.1) is 0 Å². The van der Waals surface area contributed by atoms with Crippen molar-refractivity contribution in [2.24, 2.45) is 0 Å². The fourth-order valence-corrected chi connectivity index (χ4v) is 3.63. The SMILES string of the molecule is Cl.Cl.c1csc(CNCCCCCCCNCc2cccs2)c1. The highest BCUT2D eigenvalue weighted by Crippen LogP contribution is 2.08. The normalized spacial score (nSPS) is 10.1. The summed E-state index contributed by atoms with van der Waals surface area (Å²) in [5, 5.41) is 11.3. The molecule has 0 saturated heterocycles. The number of hydrogen-bond donors (Lipinski definition) is 2. The molecule has 2 aromatic rings. The minimum atomic E-state index is 0. The van der Waals surface area contributed by atoms with E-state index >= 15 is 0 Å². The predicted molar refractivity (Wildman–Crippen MR) is 110 cm³/mol. The minimum absolute atomic E-state index is 0. The highest BCUT2D eigenvalue weighted by molar-refractivity contribution is 7.10. The first-order chi connectivity index (χ1) is 10.4. The van der Waals surface area contributed by atoms with Gasteiger partial charge in [0, 0.05) is 22.8 Å². The zero-order valence-corrected chi connectivity index (χ0v) is 16.7. The molecule has 0 spiro atoms. The molecule has 6 heteroatoms. The van der Waals surface area contributed by atoms with Crippen LogP contribution >= 0.6 is 47.5 Å². The molecule has 0 amide bonds. The van der Waals surface area contributed by atoms with Crippen LogP contribution in [0.15, 0.2) is 35.0 Å². The van der Waals surface area contributed by atoms with Gasteiger partial charge < -0.3 is 10.6 Å². The van der Waals surface area contributed by atoms with E-state index in [4.69, 9.17) is 0 Å². The Hall–Kier alpha value is -0.100. The second-order valence-corrected chi connectivity index (χ2v) is 7.34. The van der Waals surface area contributed by atoms with Gasteiger partial charge >= 0.3 is 0 Å². The van der Waals surface area contributed by atoms with Gasteiger partial charge in [-0.05, 0) is 48.8 Å². The summed E-state index contributed by atoms with van der Waals surface area (Å²) in [4.78, 5) is 2.87. The molecule has 2 nitrogen and oxygen atoms in total. The third-order valence-corrected chi connectivity index (χ3v) is 5.22. The van der Waals surface area contributed by atoms with E-state index in [1.807, 2.05) is 22.7 Å². The maximum Gasteiger partial charge on any atom is 0.0299 e. The average molecular weight is 395 g/mol. The summed E-state index contributed by atoms with van der Waals surface area (Å²) >= 11 is 3.67. The van der Waals surface area contributed by atoms with Crippen molar-refractivity contribution in [2.75, 3.05) is 13.1 Å². The lowest BCUT2D eigenvalue weighted by atomic mass is 10.1. The van der Waals surface area contributed by atoms with E-state index in [1.54, 1.807) is 0 Å². The van der Waals surface area contributed by atoms with Crippen LogP contribution in [0.25, 0.3) is 0 Å². The highest BCUT2D eigenvalue weighted by Gasteiger charge is 1.95. The fraction of sp³-hybridized carbons (Fsp3) is 0.529. The van der Waals surface area contributed by atoms with Crippen molar-refractivity contribution in [3.8, 4) is 0 Å². The average Bonchev–Trinajstić information content (AvgIpc) is 3.18. The quantitative estimate of drug-likeness (QED) is 0.465. The Morgan fingerprint density at radius 3 is 1.48 bits per heavy atom. The number of unbranched alkanes of at least 4 members (excludes halogenated alkanes) is 4. The van der Waals surface area contributed by atoms with E-state index in [9.17, 15) is 0 Å². The first-order valence-electron chi connectivity index (χ1n) is 7.91. The number of hydrogen-bond acceptors (Lipinski definition) is 4. The van der Waals surface area contributed by atoms with Crippen LogP contribution in [0.3, 0.4) is 0 Å². The van der Waals surface area contributed by atoms with E-state index in [1.165, 1.54) is 41.9 Å². The van der Waals surface area contributed by atoms with Crippen LogP contribution in [-0.4, -0.2) is 13.1 Å². The lowest BCUT2D eigenvalue weighted by Gasteiger charge is -2.05. The summed E-state index contributed by atoms with van der Waals surface area (Å²) in [6.45, 7) is 4.36. The summed E-state index contributed by atoms with van der Waals surface area (Å²) in [5.41, 5.74) is 0. The Kier molecular flexibility index (Phi) is 15.4. The topological polar surface area (TPSA) is 24.1 Å². The second kappa shape index (κ2) is 15.4. The first-order valence-corrected chi connectivity index (χ1v) is 9.67. The van der Waals surface area contributed by atoms with Crippen molar-refractivity contribution >= 4 is 47.5 Å². The van der Waals surface area contributed by atoms with E-state index in [0.29, 0.717) is 0 Å². The van der Waals surface area contributed by atoms with Crippen LogP contribution < -0.4 is 10.6 Å². The standard InChI is InChI=1S/C17H26N2S2.2ClH/c1(2-4-10-18-14-16-8-6-12-20-16)3-5-11-19-15-17-9-7-13-21-17;;/h6-9,12-13,18-19H,1-5,10-11,14-15H2;2*1H. The molecule has 0 fully saturated rings. The number of halogens is 2. The molecule has 23 heavy (non-hydrogen) atoms. The maximum atomic E-state index is 3.51. The van der Waals surface area contributed by atoms with E-state index in [2.05, 4.69) is 45.7 Å². The Morgan fingerprint density at radius 1 is 0.652 bits per heavy atom. The van der Waals surface area contributed by atoms with Crippen molar-refractivity contribution < 1.29 is 0 Å². The van der Waals surface area contributed by atoms with E-state index < -0.39 is 0 Å². The minimum Gasteiger partial charge on any atom is -0.312 e. The van der Waals surface area contributed by atoms with Crippen LogP contribution in [-0.2, 0) is 13.1 Å². The predicted octanol–water partition coefficient (Wildman–Crippen LogP) is 5.48. The highest BCUT2D eigenvalue weighted by atomic mass is 35.5. The van der Waals surface area contributed by atoms with Crippen LogP contribution in [0.4, 0.5) is 0 Å². The Morgan fingerprint density at radius 2 is 1.09 bits per heavy atom. The lowest BCUT2D eigenvalue weighted by Crippen LogP contribution is -2.14. The molecule has 0 aromatic carbocycles. The zero-order valence-electron chi connectivity index (χ0n) is 13.5. The van der Waals surface area contributed by atoms with Gasteiger partial charge in [-0.25, -0.2) is 0 Å². The molecule has 0 bridgehead atoms. The Labute approximate surface area is 160 Å². The molecule has 0 unspecified atom stereocenters. The van der Waals surface area contributed by atoms with Gasteiger partial charge in [-0.2, -0.15) is 0 Å². The monoisotopic (exact) mass is 394 g/mol. The number of thiophene rings is 2. The van der Waals surface area contributed by atoms with Gasteiger partial charge in [0.15, 0.2) is 0 Å². The summed E-state index contributed by atoms with van der Waals surface area (Å²) in [5.74, 6) is 0. The van der Waals surface area contributed by atoms with Crippen LogP contribution in [0.5, 0.6) is 0 Å². The van der Waals surface area contributed by atoms with Gasteiger partial charge in [0.2, 0.25) is 0 Å². The second-order valence-electron chi connectivity index (χ2n) is 5.28. The summed E-state index contributed by atoms with van der Waals surface area (Å²) in [6, 6.07) is 8.63. The molecule has 0 saturated carbocycles. The van der Waals surface area contributed by atoms with Crippen LogP contribution in [0.2, 0.25) is 0 Å². The van der Waals surface area contributed by atoms with Crippen molar-refractivity contribution in [1.82, 2.24) is 10.6 Å². The van der Waals surface area contributed by atoms with Gasteiger partial charge in [0.05, 0.1) is 0 Å². The van der Waals surface area contributed by atoms with Crippen molar-refractivity contribution in [2.45, 2.75) is 45.2 Å². The molecular formula is C17H28Cl2N2S2. The van der Waals surface area contributed by atoms with Crippen molar-refractivity contribution in [3.05, 3.63) is 44.8 Å². The molecular weight excluding hydrogens is 367 g/mol. The summed E-state index contributed by atoms with van der Waals surface area (Å²) in [7, 11) is 0. The molecule has 0 radical (unpaired) electrons. The smallest absolute Gasteiger partial charge is 0.0299 e. The first kappa shape index (κ1) is 22.9. The fourth-order valence-electron chi connectivity index (χ4n) is 2.28. The molecule has 0 aliphatic heterocycles. The molecule has 2 rings (SSSR count). The molecule has 0 aliphatic carbocycles. The third-order valence-electron chi connectivity index (χ3n) is 3.47. The van der Waals surface area contributed by atoms with Crippen LogP contribution in [0.1, 0.15) is 41.9 Å². The zero-order chi connectivity index (χ0) is 14.6. The maximum absolute atomic E-state index is 3.51. The number of rotatable bonds is 12. The van der Waals surface area contributed by atoms with Gasteiger partial charge in [-0.3, -0.25) is 0 Å². The van der Waals surface area contributed by atoms with Gasteiger partial charge in [-0.15, -0.1) is 47.5 Å². The molecule has 2 heterocycles. The largest absolute Gasteiger partial charge is 0.312 e. The van der Waals surface area contributed by atoms with Crippen molar-refractivity contribution in [1.29, 1.82) is 0 Å². The van der Waals surface area contributed by atoms with E-state index in [0.717, 1.165) is 26.2 Å². The third kappa shape index (κ3) is 11.1. The molecule has 0 aliphatic rings. The van der Waals surface area contributed by atoms with Gasteiger partial charge in [0.1, 0.15) is 0 Å². The van der Waals surface area contributed by atoms with Gasteiger partial charge in [-0.1, -0.05) is 31.4 Å². The number of nitrogens with one attached hydrogen (secondary N) is 2. The lowest BCUT2D eigenvalue weighted by molar-refractivity contribution is 0.557. The Bertz CT molecular complexity index is 405. The summed E-state index contributed by atoms with van der Waals surface area (Å²) in [6.07, 6.45) is 6.66. The van der Waals surface area contributed by atoms with E-state index in [-0.39, 0.29) is 24.8 Å².